The number of hydrogen-bond acceptors (Lipinski definition) is 10. The molecule has 2 amide bonds. The lowest BCUT2D eigenvalue weighted by molar-refractivity contribution is -0.323. The summed E-state index contributed by atoms with van der Waals surface area (Å²) in [5.74, 6) is -2.14. The summed E-state index contributed by atoms with van der Waals surface area (Å²) in [6.45, 7) is 5.76. The molecule has 234 valence electrons. The van der Waals surface area contributed by atoms with Gasteiger partial charge in [-0.05, 0) is 33.3 Å². The molecule has 3 fully saturated rings. The van der Waals surface area contributed by atoms with Gasteiger partial charge in [0.25, 0.3) is 6.01 Å². The van der Waals surface area contributed by atoms with E-state index in [0.29, 0.717) is 11.4 Å². The van der Waals surface area contributed by atoms with Gasteiger partial charge in [-0.15, -0.1) is 11.3 Å². The number of carbonyl (C=O) groups is 2. The van der Waals surface area contributed by atoms with Gasteiger partial charge < -0.3 is 14.1 Å². The maximum Gasteiger partial charge on any atom is 0.439 e. The van der Waals surface area contributed by atoms with Gasteiger partial charge in [0, 0.05) is 37.3 Å². The van der Waals surface area contributed by atoms with E-state index in [1.165, 1.54) is 23.6 Å². The van der Waals surface area contributed by atoms with Crippen LogP contribution < -0.4 is 4.90 Å². The molecule has 0 saturated carbocycles. The van der Waals surface area contributed by atoms with E-state index in [4.69, 9.17) is 9.15 Å². The minimum absolute atomic E-state index is 0.0605. The van der Waals surface area contributed by atoms with E-state index >= 15 is 0 Å². The van der Waals surface area contributed by atoms with Gasteiger partial charge in [0.2, 0.25) is 0 Å². The number of oxazole rings is 1. The van der Waals surface area contributed by atoms with Gasteiger partial charge >= 0.3 is 24.3 Å². The molecule has 2 bridgehead atoms. The molecule has 3 atom stereocenters. The van der Waals surface area contributed by atoms with Gasteiger partial charge in [-0.3, -0.25) is 19.3 Å². The van der Waals surface area contributed by atoms with Crippen molar-refractivity contribution in [2.24, 2.45) is 0 Å². The average Bonchev–Trinajstić information content (AvgIpc) is 3.60. The summed E-state index contributed by atoms with van der Waals surface area (Å²) in [7, 11) is 1.70. The average molecular weight is 634 g/mol. The number of carbonyl (C=O) groups excluding carboxylic acids is 2. The maximum atomic E-state index is 14.7. The molecule has 0 N–H and O–H groups in total. The van der Waals surface area contributed by atoms with Gasteiger partial charge in [0.05, 0.1) is 24.8 Å². The Kier molecular flexibility index (Phi) is 7.79. The van der Waals surface area contributed by atoms with E-state index < -0.39 is 47.1 Å². The Hall–Kier alpha value is -3.57. The summed E-state index contributed by atoms with van der Waals surface area (Å²) < 4.78 is 87.9. The maximum absolute atomic E-state index is 14.7. The topological polar surface area (TPSA) is 110 Å². The van der Waals surface area contributed by atoms with Crippen molar-refractivity contribution in [3.63, 3.8) is 0 Å². The Morgan fingerprint density at radius 1 is 1.14 bits per heavy atom. The molecule has 0 spiro atoms. The molecule has 1 aromatic carbocycles. The van der Waals surface area contributed by atoms with Crippen LogP contribution in [0.1, 0.15) is 38.9 Å². The van der Waals surface area contributed by atoms with Crippen molar-refractivity contribution < 1.29 is 50.3 Å². The number of amides is 2. The standard InChI is InChI=1S/C26H28F5N5O6S/c1-24(2,3)42-23(38)36-13-10-14(36)12-35(11-13)22-33-17-15(6-7-16(18(17)40-22)20-32-8-9-43-20)19(25(27,28)29)41-26(30,31)21(37)34(4)39-5/h6-9,13-14,19H,10-12H2,1-5H3. The van der Waals surface area contributed by atoms with Crippen molar-refractivity contribution >= 4 is 40.5 Å². The predicted molar refractivity (Wildman–Crippen MR) is 142 cm³/mol. The summed E-state index contributed by atoms with van der Waals surface area (Å²) in [4.78, 5) is 40.9. The van der Waals surface area contributed by atoms with E-state index in [1.54, 1.807) is 36.0 Å². The minimum Gasteiger partial charge on any atom is -0.444 e. The summed E-state index contributed by atoms with van der Waals surface area (Å²) in [6, 6.07) is 1.61. The van der Waals surface area contributed by atoms with Crippen LogP contribution in [-0.4, -0.2) is 89.1 Å². The highest BCUT2D eigenvalue weighted by atomic mass is 32.1. The SMILES string of the molecule is CON(C)C(=O)C(F)(F)OC(c1ccc(-c2nccs2)c2oc(N3CC4CC(C3)N4C(=O)OC(C)(C)C)nc12)C(F)(F)F. The number of hydroxylamine groups is 2. The molecular weight excluding hydrogens is 605 g/mol. The number of halogens is 5. The molecule has 3 aromatic rings. The summed E-state index contributed by atoms with van der Waals surface area (Å²) in [6.07, 6.45) is -11.9. The van der Waals surface area contributed by atoms with Gasteiger partial charge in [0.1, 0.15) is 16.1 Å². The zero-order valence-electron chi connectivity index (χ0n) is 23.6. The van der Waals surface area contributed by atoms with Crippen LogP contribution >= 0.6 is 11.3 Å². The second-order valence-electron chi connectivity index (χ2n) is 11.1. The zero-order chi connectivity index (χ0) is 31.5. The number of thiazole rings is 1. The molecule has 0 aliphatic carbocycles. The smallest absolute Gasteiger partial charge is 0.439 e. The quantitative estimate of drug-likeness (QED) is 0.250. The summed E-state index contributed by atoms with van der Waals surface area (Å²) in [5.41, 5.74) is -1.72. The second-order valence-corrected chi connectivity index (χ2v) is 12.0. The third-order valence-corrected chi connectivity index (χ3v) is 7.76. The van der Waals surface area contributed by atoms with Crippen LogP contribution in [0.4, 0.5) is 32.8 Å². The lowest BCUT2D eigenvalue weighted by Crippen LogP contribution is -2.70. The van der Waals surface area contributed by atoms with Crippen molar-refractivity contribution in [3.05, 3.63) is 29.3 Å². The van der Waals surface area contributed by atoms with Crippen molar-refractivity contribution in [2.45, 2.75) is 63.3 Å². The fourth-order valence-electron chi connectivity index (χ4n) is 5.04. The number of fused-ring (bicyclic) bond motifs is 3. The van der Waals surface area contributed by atoms with Crippen LogP contribution in [0.25, 0.3) is 21.7 Å². The largest absolute Gasteiger partial charge is 0.444 e. The Balaban J connectivity index is 1.52. The second kappa shape index (κ2) is 10.9. The number of piperazine rings is 1. The molecule has 43 heavy (non-hydrogen) atoms. The van der Waals surface area contributed by atoms with Gasteiger partial charge in [0.15, 0.2) is 11.7 Å². The fraction of sp³-hybridized carbons (Fsp3) is 0.538. The first-order valence-electron chi connectivity index (χ1n) is 13.0. The first-order valence-corrected chi connectivity index (χ1v) is 13.9. The highest BCUT2D eigenvalue weighted by Crippen LogP contribution is 2.46. The molecule has 3 saturated heterocycles. The number of hydrogen-bond donors (Lipinski definition) is 0. The monoisotopic (exact) mass is 633 g/mol. The fourth-order valence-corrected chi connectivity index (χ4v) is 5.70. The Morgan fingerprint density at radius 3 is 2.37 bits per heavy atom. The first-order chi connectivity index (χ1) is 20.0. The molecule has 5 heterocycles. The van der Waals surface area contributed by atoms with Crippen LogP contribution in [0.5, 0.6) is 0 Å². The first kappa shape index (κ1) is 30.9. The van der Waals surface area contributed by atoms with Gasteiger partial charge in [-0.1, -0.05) is 6.07 Å². The van der Waals surface area contributed by atoms with Crippen molar-refractivity contribution in [1.82, 2.24) is 19.9 Å². The van der Waals surface area contributed by atoms with Crippen LogP contribution in [0, 0.1) is 0 Å². The highest BCUT2D eigenvalue weighted by molar-refractivity contribution is 7.13. The van der Waals surface area contributed by atoms with Gasteiger partial charge in [-0.2, -0.15) is 26.9 Å². The van der Waals surface area contributed by atoms with Crippen LogP contribution in [0.2, 0.25) is 0 Å². The zero-order valence-corrected chi connectivity index (χ0v) is 24.5. The summed E-state index contributed by atoms with van der Waals surface area (Å²) >= 11 is 1.18. The Morgan fingerprint density at radius 2 is 1.81 bits per heavy atom. The number of ether oxygens (including phenoxy) is 2. The minimum atomic E-state index is -5.38. The molecule has 11 nitrogen and oxygen atoms in total. The molecule has 3 unspecified atom stereocenters. The number of likely N-dealkylation sites (N-methyl/N-ethyl adjacent to an activating group) is 1. The molecule has 0 radical (unpaired) electrons. The Bertz CT molecular complexity index is 1500. The lowest BCUT2D eigenvalue weighted by Gasteiger charge is -2.55. The van der Waals surface area contributed by atoms with Gasteiger partial charge in [-0.25, -0.2) is 14.8 Å². The molecule has 3 aliphatic heterocycles. The number of anilines is 1. The predicted octanol–water partition coefficient (Wildman–Crippen LogP) is 5.38. The number of alkyl halides is 5. The van der Waals surface area contributed by atoms with E-state index in [1.807, 2.05) is 0 Å². The molecule has 6 rings (SSSR count). The van der Waals surface area contributed by atoms with Crippen LogP contribution in [0.3, 0.4) is 0 Å². The lowest BCUT2D eigenvalue weighted by atomic mass is 9.88. The number of piperidine rings is 1. The van der Waals surface area contributed by atoms with E-state index in [9.17, 15) is 31.5 Å². The van der Waals surface area contributed by atoms with E-state index in [-0.39, 0.29) is 47.4 Å². The third-order valence-electron chi connectivity index (χ3n) is 6.95. The number of benzene rings is 1. The number of aromatic nitrogens is 2. The highest BCUT2D eigenvalue weighted by Gasteiger charge is 2.54. The van der Waals surface area contributed by atoms with Crippen molar-refractivity contribution in [3.8, 4) is 10.6 Å². The number of rotatable bonds is 7. The van der Waals surface area contributed by atoms with E-state index in [2.05, 4.69) is 19.5 Å². The number of nitrogens with zero attached hydrogens (tertiary/aromatic N) is 5. The van der Waals surface area contributed by atoms with Crippen molar-refractivity contribution in [1.29, 1.82) is 0 Å². The Labute approximate surface area is 246 Å². The van der Waals surface area contributed by atoms with Crippen LogP contribution in [0.15, 0.2) is 28.1 Å². The molecular formula is C26H28F5N5O6S. The van der Waals surface area contributed by atoms with E-state index in [0.717, 1.165) is 20.2 Å². The van der Waals surface area contributed by atoms with Crippen LogP contribution in [-0.2, 0) is 19.1 Å². The normalized spacial score (nSPS) is 19.8. The van der Waals surface area contributed by atoms with Crippen molar-refractivity contribution in [2.75, 3.05) is 32.1 Å². The molecule has 2 aromatic heterocycles. The third kappa shape index (κ3) is 5.97. The summed E-state index contributed by atoms with van der Waals surface area (Å²) in [5, 5.41) is 2.10. The molecule has 3 aliphatic rings. The molecule has 17 heteroatoms.